The molecule has 0 saturated heterocycles. The van der Waals surface area contributed by atoms with Crippen LogP contribution < -0.4 is 4.46 Å². The molecule has 1 rings (SSSR count). The Balaban J connectivity index is 2.84. The van der Waals surface area contributed by atoms with Crippen LogP contribution in [0.25, 0.3) is 0 Å². The van der Waals surface area contributed by atoms with Gasteiger partial charge in [0.05, 0.1) is 0 Å². The van der Waals surface area contributed by atoms with E-state index in [0.717, 1.165) is 0 Å². The number of aliphatic carboxylic acids is 1. The second-order valence-electron chi connectivity index (χ2n) is 2.48. The molecule has 2 N–H and O–H groups in total. The standard InChI is InChI=1S/C9H8O4Se/c10-8(11)5-14-7-4-2-1-3-6(7)9(12)13/h1-4H,5H2,(H,10,11)(H,12,13). The van der Waals surface area contributed by atoms with E-state index in [1.54, 1.807) is 18.2 Å². The van der Waals surface area contributed by atoms with Crippen molar-refractivity contribution >= 4 is 31.4 Å². The van der Waals surface area contributed by atoms with Crippen molar-refractivity contribution in [2.75, 3.05) is 0 Å². The van der Waals surface area contributed by atoms with Gasteiger partial charge >= 0.3 is 86.3 Å². The first-order valence-corrected chi connectivity index (χ1v) is 5.85. The van der Waals surface area contributed by atoms with Crippen LogP contribution in [0.2, 0.25) is 5.32 Å². The summed E-state index contributed by atoms with van der Waals surface area (Å²) in [7, 11) is 0. The molecule has 74 valence electrons. The van der Waals surface area contributed by atoms with E-state index in [4.69, 9.17) is 10.2 Å². The number of carboxylic acid groups (broad SMARTS) is 2. The van der Waals surface area contributed by atoms with Crippen LogP contribution in [0.5, 0.6) is 0 Å². The number of carbonyl (C=O) groups is 2. The van der Waals surface area contributed by atoms with Gasteiger partial charge in [-0.1, -0.05) is 0 Å². The molecule has 4 nitrogen and oxygen atoms in total. The summed E-state index contributed by atoms with van der Waals surface area (Å²) in [5.41, 5.74) is 0.203. The predicted molar refractivity (Wildman–Crippen MR) is 51.2 cm³/mol. The number of rotatable bonds is 4. The molecule has 0 aliphatic rings. The van der Waals surface area contributed by atoms with E-state index in [9.17, 15) is 9.59 Å². The van der Waals surface area contributed by atoms with Crippen LogP contribution in [0, 0.1) is 0 Å². The Bertz CT molecular complexity index is 362. The van der Waals surface area contributed by atoms with E-state index < -0.39 is 11.9 Å². The Morgan fingerprint density at radius 1 is 1.21 bits per heavy atom. The van der Waals surface area contributed by atoms with Crippen LogP contribution >= 0.6 is 0 Å². The molecule has 0 saturated carbocycles. The molecule has 0 aromatic heterocycles. The Morgan fingerprint density at radius 3 is 2.43 bits per heavy atom. The van der Waals surface area contributed by atoms with Gasteiger partial charge in [-0.25, -0.2) is 0 Å². The van der Waals surface area contributed by atoms with E-state index >= 15 is 0 Å². The third-order valence-electron chi connectivity index (χ3n) is 1.47. The Hall–Kier alpha value is -1.32. The molecule has 0 amide bonds. The second kappa shape index (κ2) is 4.79. The van der Waals surface area contributed by atoms with Gasteiger partial charge in [-0.05, 0) is 0 Å². The average molecular weight is 259 g/mol. The Kier molecular flexibility index (Phi) is 3.68. The molecule has 0 atom stereocenters. The number of hydrogen-bond donors (Lipinski definition) is 2. The summed E-state index contributed by atoms with van der Waals surface area (Å²) in [6, 6.07) is 6.49. The predicted octanol–water partition coefficient (Wildman–Crippen LogP) is 0.217. The van der Waals surface area contributed by atoms with Crippen LogP contribution in [0.1, 0.15) is 10.4 Å². The van der Waals surface area contributed by atoms with Crippen molar-refractivity contribution in [2.24, 2.45) is 0 Å². The summed E-state index contributed by atoms with van der Waals surface area (Å²) in [6.45, 7) is 0. The van der Waals surface area contributed by atoms with Gasteiger partial charge in [-0.2, -0.15) is 0 Å². The molecule has 14 heavy (non-hydrogen) atoms. The van der Waals surface area contributed by atoms with Crippen LogP contribution in [0.3, 0.4) is 0 Å². The minimum atomic E-state index is -1.01. The average Bonchev–Trinajstić information content (AvgIpc) is 2.15. The van der Waals surface area contributed by atoms with Crippen molar-refractivity contribution in [2.45, 2.75) is 5.32 Å². The molecule has 0 fully saturated rings. The van der Waals surface area contributed by atoms with Gasteiger partial charge in [-0.3, -0.25) is 0 Å². The van der Waals surface area contributed by atoms with E-state index in [1.165, 1.54) is 6.07 Å². The third kappa shape index (κ3) is 2.87. The van der Waals surface area contributed by atoms with Crippen molar-refractivity contribution in [1.29, 1.82) is 0 Å². The van der Waals surface area contributed by atoms with Gasteiger partial charge in [0.2, 0.25) is 0 Å². The van der Waals surface area contributed by atoms with Crippen LogP contribution in [0.4, 0.5) is 0 Å². The van der Waals surface area contributed by atoms with E-state index in [1.807, 2.05) is 0 Å². The molecular formula is C9H8O4Se. The summed E-state index contributed by atoms with van der Waals surface area (Å²) in [5.74, 6) is -1.90. The first-order chi connectivity index (χ1) is 6.61. The summed E-state index contributed by atoms with van der Waals surface area (Å²) in [4.78, 5) is 21.1. The molecule has 0 heterocycles. The fourth-order valence-corrected chi connectivity index (χ4v) is 2.51. The number of carboxylic acids is 2. The fraction of sp³-hybridized carbons (Fsp3) is 0.111. The zero-order chi connectivity index (χ0) is 10.6. The number of benzene rings is 1. The van der Waals surface area contributed by atoms with E-state index in [-0.39, 0.29) is 25.8 Å². The Morgan fingerprint density at radius 2 is 1.86 bits per heavy atom. The Labute approximate surface area is 86.7 Å². The van der Waals surface area contributed by atoms with Crippen LogP contribution in [0.15, 0.2) is 24.3 Å². The molecule has 1 aromatic carbocycles. The summed E-state index contributed by atoms with van der Waals surface area (Å²) in [5, 5.41) is 17.3. The molecule has 0 aliphatic heterocycles. The molecule has 0 radical (unpaired) electrons. The zero-order valence-electron chi connectivity index (χ0n) is 7.14. The van der Waals surface area contributed by atoms with Gasteiger partial charge < -0.3 is 0 Å². The molecule has 0 unspecified atom stereocenters. The summed E-state index contributed by atoms with van der Waals surface area (Å²) < 4.78 is 0.620. The van der Waals surface area contributed by atoms with E-state index in [2.05, 4.69) is 0 Å². The molecule has 1 aromatic rings. The van der Waals surface area contributed by atoms with Gasteiger partial charge in [0, 0.05) is 0 Å². The van der Waals surface area contributed by atoms with Gasteiger partial charge in [-0.15, -0.1) is 0 Å². The SMILES string of the molecule is O=C(O)C[Se]c1ccccc1C(=O)O. The van der Waals surface area contributed by atoms with Crippen molar-refractivity contribution in [3.8, 4) is 0 Å². The van der Waals surface area contributed by atoms with Crippen molar-refractivity contribution in [1.82, 2.24) is 0 Å². The van der Waals surface area contributed by atoms with Gasteiger partial charge in [0.15, 0.2) is 0 Å². The topological polar surface area (TPSA) is 74.6 Å². The van der Waals surface area contributed by atoms with Crippen molar-refractivity contribution < 1.29 is 19.8 Å². The van der Waals surface area contributed by atoms with Crippen LogP contribution in [-0.2, 0) is 4.79 Å². The van der Waals surface area contributed by atoms with Crippen LogP contribution in [-0.4, -0.2) is 37.1 Å². The first kappa shape index (κ1) is 10.8. The van der Waals surface area contributed by atoms with E-state index in [0.29, 0.717) is 4.46 Å². The van der Waals surface area contributed by atoms with Crippen molar-refractivity contribution in [3.05, 3.63) is 29.8 Å². The molecule has 0 aliphatic carbocycles. The second-order valence-corrected chi connectivity index (χ2v) is 4.62. The van der Waals surface area contributed by atoms with Gasteiger partial charge in [0.1, 0.15) is 0 Å². The molecule has 0 spiro atoms. The van der Waals surface area contributed by atoms with Crippen molar-refractivity contribution in [3.63, 3.8) is 0 Å². The molecule has 0 bridgehead atoms. The summed E-state index contributed by atoms with van der Waals surface area (Å²) >= 11 is -0.319. The molecular weight excluding hydrogens is 251 g/mol. The maximum absolute atomic E-state index is 10.7. The molecule has 5 heteroatoms. The first-order valence-electron chi connectivity index (χ1n) is 3.78. The zero-order valence-corrected chi connectivity index (χ0v) is 8.85. The maximum atomic E-state index is 10.7. The fourth-order valence-electron chi connectivity index (χ4n) is 0.909. The number of hydrogen-bond acceptors (Lipinski definition) is 2. The minimum absolute atomic E-state index is 0.0112. The summed E-state index contributed by atoms with van der Waals surface area (Å²) in [6.07, 6.45) is 0. The van der Waals surface area contributed by atoms with Gasteiger partial charge in [0.25, 0.3) is 0 Å². The normalized spacial score (nSPS) is 9.71. The monoisotopic (exact) mass is 260 g/mol. The third-order valence-corrected chi connectivity index (χ3v) is 3.69. The quantitative estimate of drug-likeness (QED) is 0.758. The number of aromatic carboxylic acids is 1.